The number of benzene rings is 1. The van der Waals surface area contributed by atoms with Crippen LogP contribution in [0.25, 0.3) is 0 Å². The first kappa shape index (κ1) is 11.7. The highest BCUT2D eigenvalue weighted by molar-refractivity contribution is 5.21. The van der Waals surface area contributed by atoms with Crippen LogP contribution in [0.4, 0.5) is 22.0 Å². The summed E-state index contributed by atoms with van der Waals surface area (Å²) >= 11 is 0. The SMILES string of the molecule is FC(F)(F)CC(F)(F)Oc1ccccc1. The van der Waals surface area contributed by atoms with Crippen LogP contribution in [0.15, 0.2) is 30.3 Å². The molecule has 0 N–H and O–H groups in total. The van der Waals surface area contributed by atoms with Crippen molar-refractivity contribution in [3.05, 3.63) is 30.3 Å². The Morgan fingerprint density at radius 3 is 1.93 bits per heavy atom. The number of ether oxygens (including phenoxy) is 1. The van der Waals surface area contributed by atoms with Crippen LogP contribution in [-0.2, 0) is 0 Å². The lowest BCUT2D eigenvalue weighted by molar-refractivity contribution is -0.255. The maximum atomic E-state index is 12.7. The Bertz CT molecular complexity index is 306. The van der Waals surface area contributed by atoms with Gasteiger partial charge in [0.15, 0.2) is 0 Å². The smallest absolute Gasteiger partial charge is 0.406 e. The Hall–Kier alpha value is -1.33. The van der Waals surface area contributed by atoms with Crippen LogP contribution in [0.3, 0.4) is 0 Å². The second-order valence-corrected chi connectivity index (χ2v) is 2.84. The Morgan fingerprint density at radius 2 is 1.47 bits per heavy atom. The lowest BCUT2D eigenvalue weighted by Gasteiger charge is -2.19. The predicted molar refractivity (Wildman–Crippen MR) is 42.7 cm³/mol. The third kappa shape index (κ3) is 4.62. The van der Waals surface area contributed by atoms with E-state index in [1.54, 1.807) is 0 Å². The van der Waals surface area contributed by atoms with E-state index in [0.717, 1.165) is 12.1 Å². The van der Waals surface area contributed by atoms with Crippen molar-refractivity contribution in [1.82, 2.24) is 0 Å². The Morgan fingerprint density at radius 1 is 0.933 bits per heavy atom. The van der Waals surface area contributed by atoms with Crippen LogP contribution in [-0.4, -0.2) is 12.3 Å². The molecular formula is C9H7F5O. The Balaban J connectivity index is 2.65. The quantitative estimate of drug-likeness (QED) is 0.715. The fraction of sp³-hybridized carbons (Fsp3) is 0.333. The molecule has 0 saturated carbocycles. The molecule has 0 aliphatic rings. The average molecular weight is 226 g/mol. The first-order chi connectivity index (χ1) is 6.79. The Kier molecular flexibility index (Phi) is 3.16. The van der Waals surface area contributed by atoms with Gasteiger partial charge >= 0.3 is 12.3 Å². The van der Waals surface area contributed by atoms with Crippen LogP contribution in [0.2, 0.25) is 0 Å². The van der Waals surface area contributed by atoms with Crippen LogP contribution in [0.1, 0.15) is 6.42 Å². The van der Waals surface area contributed by atoms with E-state index in [0.29, 0.717) is 0 Å². The second-order valence-electron chi connectivity index (χ2n) is 2.84. The molecule has 0 spiro atoms. The molecule has 0 unspecified atom stereocenters. The summed E-state index contributed by atoms with van der Waals surface area (Å²) in [6, 6.07) is 6.63. The Labute approximate surface area is 82.5 Å². The first-order valence-electron chi connectivity index (χ1n) is 3.97. The minimum atomic E-state index is -4.96. The lowest BCUT2D eigenvalue weighted by atomic mass is 10.3. The molecule has 0 aliphatic heterocycles. The fourth-order valence-corrected chi connectivity index (χ4v) is 0.930. The molecule has 0 bridgehead atoms. The monoisotopic (exact) mass is 226 g/mol. The number of hydrogen-bond donors (Lipinski definition) is 0. The lowest BCUT2D eigenvalue weighted by Crippen LogP contribution is -2.31. The summed E-state index contributed by atoms with van der Waals surface area (Å²) in [5.74, 6) is -0.299. The van der Waals surface area contributed by atoms with E-state index in [1.807, 2.05) is 0 Å². The third-order valence-corrected chi connectivity index (χ3v) is 1.42. The zero-order chi connectivity index (χ0) is 11.5. The molecule has 1 nitrogen and oxygen atoms in total. The van der Waals surface area contributed by atoms with Gasteiger partial charge in [-0.05, 0) is 12.1 Å². The molecule has 0 fully saturated rings. The van der Waals surface area contributed by atoms with Crippen LogP contribution in [0, 0.1) is 0 Å². The molecule has 0 amide bonds. The summed E-state index contributed by atoms with van der Waals surface area (Å²) in [6.07, 6.45) is -11.5. The minimum Gasteiger partial charge on any atom is -0.432 e. The fourth-order valence-electron chi connectivity index (χ4n) is 0.930. The molecule has 1 aromatic carbocycles. The third-order valence-electron chi connectivity index (χ3n) is 1.42. The van der Waals surface area contributed by atoms with Gasteiger partial charge in [0.05, 0.1) is 0 Å². The van der Waals surface area contributed by atoms with Gasteiger partial charge in [-0.1, -0.05) is 18.2 Å². The molecular weight excluding hydrogens is 219 g/mol. The molecule has 0 atom stereocenters. The van der Waals surface area contributed by atoms with Gasteiger partial charge in [0.25, 0.3) is 0 Å². The number of rotatable bonds is 3. The van der Waals surface area contributed by atoms with Crippen molar-refractivity contribution in [3.8, 4) is 5.75 Å². The molecule has 0 saturated heterocycles. The van der Waals surface area contributed by atoms with Crippen molar-refractivity contribution in [3.63, 3.8) is 0 Å². The van der Waals surface area contributed by atoms with Crippen molar-refractivity contribution in [2.24, 2.45) is 0 Å². The number of para-hydroxylation sites is 1. The van der Waals surface area contributed by atoms with E-state index in [9.17, 15) is 22.0 Å². The predicted octanol–water partition coefficient (Wildman–Crippen LogP) is 3.61. The van der Waals surface area contributed by atoms with Crippen molar-refractivity contribution in [2.75, 3.05) is 0 Å². The molecule has 6 heteroatoms. The first-order valence-corrected chi connectivity index (χ1v) is 3.97. The van der Waals surface area contributed by atoms with Gasteiger partial charge in [0.2, 0.25) is 0 Å². The van der Waals surface area contributed by atoms with Crippen LogP contribution in [0.5, 0.6) is 5.75 Å². The molecule has 1 rings (SSSR count). The van der Waals surface area contributed by atoms with Crippen molar-refractivity contribution in [1.29, 1.82) is 0 Å². The maximum Gasteiger partial charge on any atom is 0.406 e. The average Bonchev–Trinajstić information content (AvgIpc) is 1.99. The molecule has 0 aromatic heterocycles. The van der Waals surface area contributed by atoms with Crippen molar-refractivity contribution >= 4 is 0 Å². The highest BCUT2D eigenvalue weighted by atomic mass is 19.4. The molecule has 84 valence electrons. The standard InChI is InChI=1S/C9H7F5O/c10-8(11,12)6-9(13,14)15-7-4-2-1-3-5-7/h1-5H,6H2. The number of halogens is 5. The normalized spacial score (nSPS) is 12.6. The number of alkyl halides is 5. The summed E-state index contributed by atoms with van der Waals surface area (Å²) in [4.78, 5) is 0. The van der Waals surface area contributed by atoms with E-state index in [-0.39, 0.29) is 5.75 Å². The number of hydrogen-bond acceptors (Lipinski definition) is 1. The topological polar surface area (TPSA) is 9.23 Å². The summed E-state index contributed by atoms with van der Waals surface area (Å²) in [7, 11) is 0. The summed E-state index contributed by atoms with van der Waals surface area (Å²) < 4.78 is 64.3. The zero-order valence-corrected chi connectivity index (χ0v) is 7.39. The molecule has 15 heavy (non-hydrogen) atoms. The van der Waals surface area contributed by atoms with E-state index in [4.69, 9.17) is 0 Å². The zero-order valence-electron chi connectivity index (χ0n) is 7.39. The van der Waals surface area contributed by atoms with Gasteiger partial charge in [0.1, 0.15) is 12.2 Å². The second kappa shape index (κ2) is 4.04. The molecule has 0 heterocycles. The van der Waals surface area contributed by atoms with Crippen molar-refractivity contribution in [2.45, 2.75) is 18.7 Å². The molecule has 1 aromatic rings. The summed E-state index contributed by atoms with van der Waals surface area (Å²) in [5, 5.41) is 0. The van der Waals surface area contributed by atoms with Gasteiger partial charge in [-0.3, -0.25) is 0 Å². The highest BCUT2D eigenvalue weighted by Gasteiger charge is 2.45. The van der Waals surface area contributed by atoms with Gasteiger partial charge in [-0.15, -0.1) is 0 Å². The maximum absolute atomic E-state index is 12.7. The largest absolute Gasteiger partial charge is 0.432 e. The van der Waals surface area contributed by atoms with Gasteiger partial charge < -0.3 is 4.74 Å². The summed E-state index contributed by atoms with van der Waals surface area (Å²) in [5.41, 5.74) is 0. The summed E-state index contributed by atoms with van der Waals surface area (Å²) in [6.45, 7) is 0. The van der Waals surface area contributed by atoms with Gasteiger partial charge in [-0.25, -0.2) is 0 Å². The van der Waals surface area contributed by atoms with E-state index >= 15 is 0 Å². The van der Waals surface area contributed by atoms with Gasteiger partial charge in [0, 0.05) is 0 Å². The van der Waals surface area contributed by atoms with E-state index in [2.05, 4.69) is 4.74 Å². The van der Waals surface area contributed by atoms with Crippen LogP contribution >= 0.6 is 0 Å². The molecule has 0 radical (unpaired) electrons. The highest BCUT2D eigenvalue weighted by Crippen LogP contribution is 2.33. The molecule has 0 aliphatic carbocycles. The minimum absolute atomic E-state index is 0.299. The van der Waals surface area contributed by atoms with Gasteiger partial charge in [-0.2, -0.15) is 22.0 Å². The van der Waals surface area contributed by atoms with E-state index < -0.39 is 18.7 Å². The van der Waals surface area contributed by atoms with Crippen LogP contribution < -0.4 is 4.74 Å². The van der Waals surface area contributed by atoms with Crippen molar-refractivity contribution < 1.29 is 26.7 Å². The van der Waals surface area contributed by atoms with E-state index in [1.165, 1.54) is 18.2 Å².